The number of unbranched alkanes of at least 4 members (excludes halogenated alkanes) is 1. The first-order valence-electron chi connectivity index (χ1n) is 14.1. The number of hydrogen-bond donors (Lipinski definition) is 7. The summed E-state index contributed by atoms with van der Waals surface area (Å²) in [5.41, 5.74) is 8.22. The Kier molecular flexibility index (Phi) is 11.2. The molecule has 45 heavy (non-hydrogen) atoms. The van der Waals surface area contributed by atoms with Crippen molar-refractivity contribution in [2.24, 2.45) is 20.5 Å². The van der Waals surface area contributed by atoms with Crippen LogP contribution in [0.25, 0.3) is 10.8 Å². The van der Waals surface area contributed by atoms with Crippen LogP contribution in [-0.4, -0.2) is 61.2 Å². The number of hydrogen-bond acceptors (Lipinski definition) is 13. The SMILES string of the molecule is CCCCOc1cc(N=Nc2ccc(NCCO)cc2NCCO)ccc1N=Nc1c(S(=O)(=O)O)cc2ccc(N)cc2c1O. The number of aliphatic hydroxyl groups is 2. The van der Waals surface area contributed by atoms with E-state index in [9.17, 15) is 23.2 Å². The molecule has 14 nitrogen and oxygen atoms in total. The van der Waals surface area contributed by atoms with Crippen molar-refractivity contribution in [1.29, 1.82) is 0 Å². The van der Waals surface area contributed by atoms with Crippen LogP contribution in [-0.2, 0) is 10.1 Å². The molecule has 8 N–H and O–H groups in total. The first-order chi connectivity index (χ1) is 21.6. The van der Waals surface area contributed by atoms with Gasteiger partial charge in [0, 0.05) is 35.9 Å². The van der Waals surface area contributed by atoms with Gasteiger partial charge in [0.25, 0.3) is 10.1 Å². The number of ether oxygens (including phenoxy) is 1. The van der Waals surface area contributed by atoms with Gasteiger partial charge in [-0.25, -0.2) is 0 Å². The molecule has 4 aromatic rings. The number of nitrogens with zero attached hydrogens (tertiary/aromatic N) is 4. The van der Waals surface area contributed by atoms with Crippen LogP contribution < -0.4 is 21.1 Å². The van der Waals surface area contributed by atoms with Gasteiger partial charge in [0.15, 0.2) is 5.75 Å². The lowest BCUT2D eigenvalue weighted by atomic mass is 10.1. The lowest BCUT2D eigenvalue weighted by molar-refractivity contribution is 0.310. The van der Waals surface area contributed by atoms with Gasteiger partial charge in [-0.3, -0.25) is 4.55 Å². The van der Waals surface area contributed by atoms with Crippen molar-refractivity contribution in [3.05, 3.63) is 60.7 Å². The van der Waals surface area contributed by atoms with Gasteiger partial charge < -0.3 is 36.4 Å². The van der Waals surface area contributed by atoms with Gasteiger partial charge in [-0.05, 0) is 60.3 Å². The standard InChI is InChI=1S/C30H35N7O7S/c1-2-3-14-44-27-18-22(34-35-24-8-6-21(32-10-12-38)17-26(24)33-11-13-39)7-9-25(27)36-37-29-28(45(41,42)43)15-19-4-5-20(31)16-23(19)30(29)40/h4-9,15-18,32-33,38-40H,2-3,10-14,31H2,1H3,(H,41,42,43). The smallest absolute Gasteiger partial charge is 0.296 e. The molecule has 0 spiro atoms. The van der Waals surface area contributed by atoms with Gasteiger partial charge in [0.1, 0.15) is 27.7 Å². The number of phenols is 1. The van der Waals surface area contributed by atoms with E-state index in [4.69, 9.17) is 15.6 Å². The molecule has 0 bridgehead atoms. The molecule has 4 aromatic carbocycles. The molecule has 0 amide bonds. The Hall–Kier alpha value is -4.83. The third kappa shape index (κ3) is 8.63. The number of anilines is 3. The van der Waals surface area contributed by atoms with E-state index >= 15 is 0 Å². The van der Waals surface area contributed by atoms with E-state index in [1.807, 2.05) is 6.92 Å². The molecule has 4 rings (SSSR count). The van der Waals surface area contributed by atoms with Crippen molar-refractivity contribution >= 4 is 60.7 Å². The number of rotatable bonds is 15. The summed E-state index contributed by atoms with van der Waals surface area (Å²) < 4.78 is 40.2. The average Bonchev–Trinajstić information content (AvgIpc) is 3.02. The Balaban J connectivity index is 1.71. The molecular formula is C30H35N7O7S. The summed E-state index contributed by atoms with van der Waals surface area (Å²) in [6, 6.07) is 15.8. The average molecular weight is 638 g/mol. The maximum absolute atomic E-state index is 12.2. The highest BCUT2D eigenvalue weighted by Crippen LogP contribution is 2.43. The summed E-state index contributed by atoms with van der Waals surface area (Å²) in [7, 11) is -4.78. The van der Waals surface area contributed by atoms with Gasteiger partial charge in [0.2, 0.25) is 0 Å². The van der Waals surface area contributed by atoms with Crippen molar-refractivity contribution < 1.29 is 33.0 Å². The highest BCUT2D eigenvalue weighted by molar-refractivity contribution is 7.86. The van der Waals surface area contributed by atoms with Gasteiger partial charge in [0.05, 0.1) is 31.2 Å². The number of nitrogens with two attached hydrogens (primary N) is 1. The van der Waals surface area contributed by atoms with Crippen LogP contribution in [0.1, 0.15) is 19.8 Å². The topological polar surface area (TPSA) is 224 Å². The van der Waals surface area contributed by atoms with Crippen LogP contribution in [0, 0.1) is 0 Å². The highest BCUT2D eigenvalue weighted by atomic mass is 32.2. The molecule has 0 aliphatic heterocycles. The molecule has 0 atom stereocenters. The zero-order chi connectivity index (χ0) is 32.4. The summed E-state index contributed by atoms with van der Waals surface area (Å²) in [4.78, 5) is -0.622. The monoisotopic (exact) mass is 637 g/mol. The van der Waals surface area contributed by atoms with Gasteiger partial charge in [-0.15, -0.1) is 15.3 Å². The normalized spacial score (nSPS) is 11.9. The van der Waals surface area contributed by atoms with Crippen LogP contribution in [0.4, 0.5) is 39.8 Å². The maximum Gasteiger partial charge on any atom is 0.296 e. The van der Waals surface area contributed by atoms with Crippen molar-refractivity contribution in [2.45, 2.75) is 24.7 Å². The number of azo groups is 2. The minimum atomic E-state index is -4.78. The molecule has 0 heterocycles. The lowest BCUT2D eigenvalue weighted by Gasteiger charge is -2.11. The number of fused-ring (bicyclic) bond motifs is 1. The van der Waals surface area contributed by atoms with Crippen molar-refractivity contribution in [3.8, 4) is 11.5 Å². The van der Waals surface area contributed by atoms with Crippen LogP contribution in [0.3, 0.4) is 0 Å². The Bertz CT molecular complexity index is 1810. The number of aromatic hydroxyl groups is 1. The van der Waals surface area contributed by atoms with Gasteiger partial charge in [-0.2, -0.15) is 13.5 Å². The molecule has 0 radical (unpaired) electrons. The highest BCUT2D eigenvalue weighted by Gasteiger charge is 2.22. The van der Waals surface area contributed by atoms with Crippen LogP contribution >= 0.6 is 0 Å². The number of nitrogen functional groups attached to an aromatic ring is 1. The fourth-order valence-electron chi connectivity index (χ4n) is 4.22. The number of phenolic OH excluding ortho intramolecular Hbond substituents is 1. The number of benzene rings is 4. The van der Waals surface area contributed by atoms with Crippen LogP contribution in [0.5, 0.6) is 11.5 Å². The largest absolute Gasteiger partial charge is 0.505 e. The summed E-state index contributed by atoms with van der Waals surface area (Å²) >= 11 is 0. The summed E-state index contributed by atoms with van der Waals surface area (Å²) in [5.74, 6) is -0.234. The van der Waals surface area contributed by atoms with Crippen LogP contribution in [0.2, 0.25) is 0 Å². The zero-order valence-electron chi connectivity index (χ0n) is 24.5. The summed E-state index contributed by atoms with van der Waals surface area (Å²) in [6.07, 6.45) is 1.62. The Morgan fingerprint density at radius 1 is 0.867 bits per heavy atom. The van der Waals surface area contributed by atoms with E-state index in [0.29, 0.717) is 47.8 Å². The van der Waals surface area contributed by atoms with E-state index < -0.39 is 26.5 Å². The minimum Gasteiger partial charge on any atom is -0.505 e. The van der Waals surface area contributed by atoms with E-state index in [2.05, 4.69) is 31.1 Å². The molecule has 0 fully saturated rings. The third-order valence-electron chi connectivity index (χ3n) is 6.45. The van der Waals surface area contributed by atoms with Gasteiger partial charge in [-0.1, -0.05) is 19.4 Å². The predicted octanol–water partition coefficient (Wildman–Crippen LogP) is 6.19. The lowest BCUT2D eigenvalue weighted by Crippen LogP contribution is -2.08. The summed E-state index contributed by atoms with van der Waals surface area (Å²) in [6.45, 7) is 2.91. The molecule has 15 heteroatoms. The van der Waals surface area contributed by atoms with Gasteiger partial charge >= 0.3 is 0 Å². The molecule has 0 aliphatic rings. The Morgan fingerprint density at radius 2 is 1.60 bits per heavy atom. The number of nitrogens with one attached hydrogen (secondary N) is 2. The Labute approximate surface area is 260 Å². The van der Waals surface area contributed by atoms with Crippen molar-refractivity contribution in [1.82, 2.24) is 0 Å². The first-order valence-corrected chi connectivity index (χ1v) is 15.5. The minimum absolute atomic E-state index is 0.0284. The fraction of sp³-hybridized carbons (Fsp3) is 0.267. The Morgan fingerprint density at radius 3 is 2.33 bits per heavy atom. The molecule has 0 saturated heterocycles. The molecule has 0 aromatic heterocycles. The van der Waals surface area contributed by atoms with E-state index in [-0.39, 0.29) is 30.0 Å². The van der Waals surface area contributed by atoms with E-state index in [1.165, 1.54) is 24.3 Å². The summed E-state index contributed by atoms with van der Waals surface area (Å²) in [5, 5.41) is 52.9. The first kappa shape index (κ1) is 33.1. The molecule has 0 saturated carbocycles. The second-order valence-electron chi connectivity index (χ2n) is 9.81. The van der Waals surface area contributed by atoms with E-state index in [1.54, 1.807) is 36.4 Å². The molecule has 238 valence electrons. The molecule has 0 unspecified atom stereocenters. The number of aliphatic hydroxyl groups excluding tert-OH is 2. The van der Waals surface area contributed by atoms with E-state index in [0.717, 1.165) is 18.5 Å². The fourth-order valence-corrected chi connectivity index (χ4v) is 4.88. The van der Waals surface area contributed by atoms with Crippen LogP contribution in [0.15, 0.2) is 86.0 Å². The molecule has 0 aliphatic carbocycles. The second kappa shape index (κ2) is 15.3. The quantitative estimate of drug-likeness (QED) is 0.0338. The van der Waals surface area contributed by atoms with Crippen molar-refractivity contribution in [2.75, 3.05) is 49.3 Å². The second-order valence-corrected chi connectivity index (χ2v) is 11.2. The zero-order valence-corrected chi connectivity index (χ0v) is 25.3. The molecular weight excluding hydrogens is 602 g/mol. The maximum atomic E-state index is 12.2. The van der Waals surface area contributed by atoms with Crippen molar-refractivity contribution in [3.63, 3.8) is 0 Å². The third-order valence-corrected chi connectivity index (χ3v) is 7.32. The predicted molar refractivity (Wildman–Crippen MR) is 173 cm³/mol.